The zero-order valence-electron chi connectivity index (χ0n) is 14.0. The van der Waals surface area contributed by atoms with E-state index in [1.165, 1.54) is 56.7 Å². The molecule has 2 fully saturated rings. The fourth-order valence-corrected chi connectivity index (χ4v) is 4.05. The van der Waals surface area contributed by atoms with Gasteiger partial charge in [-0.25, -0.2) is 4.39 Å². The van der Waals surface area contributed by atoms with E-state index in [1.807, 2.05) is 0 Å². The molecule has 0 atom stereocenters. The van der Waals surface area contributed by atoms with Crippen molar-refractivity contribution >= 4 is 17.5 Å². The Morgan fingerprint density at radius 3 is 2.58 bits per heavy atom. The van der Waals surface area contributed by atoms with Gasteiger partial charge in [-0.1, -0.05) is 43.7 Å². The molecule has 0 aromatic heterocycles. The molecule has 3 nitrogen and oxygen atoms in total. The van der Waals surface area contributed by atoms with E-state index in [4.69, 9.17) is 11.6 Å². The first-order chi connectivity index (χ1) is 11.6. The third-order valence-corrected chi connectivity index (χ3v) is 5.53. The van der Waals surface area contributed by atoms with Crippen molar-refractivity contribution in [2.75, 3.05) is 6.54 Å². The molecule has 132 valence electrons. The number of hydrogen-bond donors (Lipinski definition) is 2. The van der Waals surface area contributed by atoms with Gasteiger partial charge in [0.2, 0.25) is 0 Å². The fraction of sp³-hybridized carbons (Fsp3) is 0.632. The number of benzene rings is 1. The Morgan fingerprint density at radius 1 is 1.12 bits per heavy atom. The van der Waals surface area contributed by atoms with Crippen molar-refractivity contribution in [2.45, 2.75) is 63.5 Å². The van der Waals surface area contributed by atoms with Gasteiger partial charge in [0.25, 0.3) is 5.91 Å². The molecule has 1 amide bonds. The van der Waals surface area contributed by atoms with E-state index in [9.17, 15) is 9.18 Å². The number of halogens is 2. The molecular formula is C19H26ClFN2O. The minimum Gasteiger partial charge on any atom is -0.349 e. The van der Waals surface area contributed by atoms with Crippen LogP contribution in [0.1, 0.15) is 61.7 Å². The first kappa shape index (κ1) is 17.7. The van der Waals surface area contributed by atoms with Crippen LogP contribution < -0.4 is 10.6 Å². The van der Waals surface area contributed by atoms with Crippen LogP contribution in [0.25, 0.3) is 0 Å². The average molecular weight is 353 g/mol. The number of rotatable bonds is 6. The predicted octanol–water partition coefficient (Wildman–Crippen LogP) is 4.30. The molecule has 3 rings (SSSR count). The SMILES string of the molecule is O=C(NC1CC(NCCC2CCCCC2)C1)c1cc(F)cc(Cl)c1. The van der Waals surface area contributed by atoms with E-state index in [-0.39, 0.29) is 22.5 Å². The van der Waals surface area contributed by atoms with Gasteiger partial charge in [0, 0.05) is 22.7 Å². The Balaban J connectivity index is 1.33. The van der Waals surface area contributed by atoms with Crippen LogP contribution in [0.15, 0.2) is 18.2 Å². The summed E-state index contributed by atoms with van der Waals surface area (Å²) < 4.78 is 13.3. The van der Waals surface area contributed by atoms with Crippen LogP contribution in [0.2, 0.25) is 5.02 Å². The van der Waals surface area contributed by atoms with Gasteiger partial charge < -0.3 is 10.6 Å². The molecule has 0 radical (unpaired) electrons. The van der Waals surface area contributed by atoms with Gasteiger partial charge in [0.15, 0.2) is 0 Å². The Kier molecular flexibility index (Phi) is 6.12. The summed E-state index contributed by atoms with van der Waals surface area (Å²) in [6, 6.07) is 4.59. The van der Waals surface area contributed by atoms with Gasteiger partial charge >= 0.3 is 0 Å². The van der Waals surface area contributed by atoms with Crippen molar-refractivity contribution < 1.29 is 9.18 Å². The van der Waals surface area contributed by atoms with Gasteiger partial charge in [-0.2, -0.15) is 0 Å². The Labute approximate surface area is 148 Å². The lowest BCUT2D eigenvalue weighted by atomic mass is 9.85. The van der Waals surface area contributed by atoms with Crippen LogP contribution >= 0.6 is 11.6 Å². The second-order valence-corrected chi connectivity index (χ2v) is 7.68. The molecule has 2 aliphatic rings. The highest BCUT2D eigenvalue weighted by Crippen LogP contribution is 2.26. The topological polar surface area (TPSA) is 41.1 Å². The van der Waals surface area contributed by atoms with Crippen molar-refractivity contribution in [3.8, 4) is 0 Å². The van der Waals surface area contributed by atoms with Crippen molar-refractivity contribution in [2.24, 2.45) is 5.92 Å². The molecule has 0 bridgehead atoms. The lowest BCUT2D eigenvalue weighted by molar-refractivity contribution is 0.0901. The Bertz CT molecular complexity index is 548. The highest BCUT2D eigenvalue weighted by Gasteiger charge is 2.30. The zero-order chi connectivity index (χ0) is 16.9. The molecule has 2 saturated carbocycles. The summed E-state index contributed by atoms with van der Waals surface area (Å²) >= 11 is 5.79. The summed E-state index contributed by atoms with van der Waals surface area (Å²) in [5, 5.41) is 6.79. The third kappa shape index (κ3) is 4.93. The average Bonchev–Trinajstić information content (AvgIpc) is 2.52. The highest BCUT2D eigenvalue weighted by molar-refractivity contribution is 6.31. The van der Waals surface area contributed by atoms with Crippen LogP contribution in [0.5, 0.6) is 0 Å². The maximum atomic E-state index is 13.3. The van der Waals surface area contributed by atoms with Crippen molar-refractivity contribution in [3.05, 3.63) is 34.6 Å². The Hall–Kier alpha value is -1.13. The standard InChI is InChI=1S/C19H26ClFN2O/c20-15-8-14(9-16(21)10-15)19(24)23-18-11-17(12-18)22-7-6-13-4-2-1-3-5-13/h8-10,13,17-18,22H,1-7,11-12H2,(H,23,24). The van der Waals surface area contributed by atoms with E-state index in [0.29, 0.717) is 6.04 Å². The van der Waals surface area contributed by atoms with E-state index < -0.39 is 5.82 Å². The van der Waals surface area contributed by atoms with Crippen molar-refractivity contribution in [1.82, 2.24) is 10.6 Å². The van der Waals surface area contributed by atoms with E-state index in [0.717, 1.165) is 25.3 Å². The van der Waals surface area contributed by atoms with Crippen LogP contribution in [-0.4, -0.2) is 24.5 Å². The summed E-state index contributed by atoms with van der Waals surface area (Å²) in [7, 11) is 0. The largest absolute Gasteiger partial charge is 0.349 e. The molecule has 1 aromatic carbocycles. The normalized spacial score (nSPS) is 24.4. The first-order valence-corrected chi connectivity index (χ1v) is 9.48. The van der Waals surface area contributed by atoms with Crippen LogP contribution in [0.4, 0.5) is 4.39 Å². The predicted molar refractivity (Wildman–Crippen MR) is 94.9 cm³/mol. The number of carbonyl (C=O) groups is 1. The van der Waals surface area contributed by atoms with Gasteiger partial charge in [-0.05, 0) is 49.9 Å². The molecule has 0 aliphatic heterocycles. The summed E-state index contributed by atoms with van der Waals surface area (Å²) in [6.45, 7) is 1.08. The van der Waals surface area contributed by atoms with Gasteiger partial charge in [0.1, 0.15) is 5.82 Å². The first-order valence-electron chi connectivity index (χ1n) is 9.10. The number of hydrogen-bond acceptors (Lipinski definition) is 2. The second-order valence-electron chi connectivity index (χ2n) is 7.24. The second kappa shape index (κ2) is 8.30. The van der Waals surface area contributed by atoms with Crippen LogP contribution in [-0.2, 0) is 0 Å². The van der Waals surface area contributed by atoms with Gasteiger partial charge in [-0.15, -0.1) is 0 Å². The van der Waals surface area contributed by atoms with Gasteiger partial charge in [-0.3, -0.25) is 4.79 Å². The molecule has 5 heteroatoms. The minimum absolute atomic E-state index is 0.173. The van der Waals surface area contributed by atoms with Gasteiger partial charge in [0.05, 0.1) is 0 Å². The molecule has 0 saturated heterocycles. The molecule has 1 aromatic rings. The van der Waals surface area contributed by atoms with Crippen molar-refractivity contribution in [1.29, 1.82) is 0 Å². The quantitative estimate of drug-likeness (QED) is 0.801. The van der Waals surface area contributed by atoms with Crippen LogP contribution in [0, 0.1) is 11.7 Å². The molecule has 0 spiro atoms. The highest BCUT2D eigenvalue weighted by atomic mass is 35.5. The van der Waals surface area contributed by atoms with E-state index >= 15 is 0 Å². The number of nitrogens with one attached hydrogen (secondary N) is 2. The van der Waals surface area contributed by atoms with Crippen LogP contribution in [0.3, 0.4) is 0 Å². The van der Waals surface area contributed by atoms with E-state index in [1.54, 1.807) is 0 Å². The molecule has 2 aliphatic carbocycles. The molecule has 2 N–H and O–H groups in total. The lowest BCUT2D eigenvalue weighted by Gasteiger charge is -2.37. The maximum Gasteiger partial charge on any atom is 0.251 e. The zero-order valence-corrected chi connectivity index (χ0v) is 14.7. The monoisotopic (exact) mass is 352 g/mol. The smallest absolute Gasteiger partial charge is 0.251 e. The lowest BCUT2D eigenvalue weighted by Crippen LogP contribution is -2.52. The molecular weight excluding hydrogens is 327 g/mol. The summed E-state index contributed by atoms with van der Waals surface area (Å²) in [4.78, 5) is 12.1. The fourth-order valence-electron chi connectivity index (χ4n) is 3.82. The molecule has 0 heterocycles. The third-order valence-electron chi connectivity index (χ3n) is 5.31. The summed E-state index contributed by atoms with van der Waals surface area (Å²) in [6.07, 6.45) is 10.1. The summed E-state index contributed by atoms with van der Waals surface area (Å²) in [5.74, 6) is 0.171. The van der Waals surface area contributed by atoms with E-state index in [2.05, 4.69) is 10.6 Å². The summed E-state index contributed by atoms with van der Waals surface area (Å²) in [5.41, 5.74) is 0.286. The molecule has 24 heavy (non-hydrogen) atoms. The minimum atomic E-state index is -0.483. The number of amides is 1. The van der Waals surface area contributed by atoms with Crippen molar-refractivity contribution in [3.63, 3.8) is 0 Å². The maximum absolute atomic E-state index is 13.3. The number of carbonyl (C=O) groups excluding carboxylic acids is 1. The Morgan fingerprint density at radius 2 is 1.88 bits per heavy atom. The molecule has 0 unspecified atom stereocenters.